The quantitative estimate of drug-likeness (QED) is 0.654. The van der Waals surface area contributed by atoms with Crippen molar-refractivity contribution in [1.29, 1.82) is 0 Å². The van der Waals surface area contributed by atoms with E-state index in [0.29, 0.717) is 17.3 Å². The van der Waals surface area contributed by atoms with Crippen molar-refractivity contribution in [3.8, 4) is 11.4 Å². The van der Waals surface area contributed by atoms with Gasteiger partial charge in [0.1, 0.15) is 5.82 Å². The molecule has 1 aliphatic heterocycles. The third-order valence-electron chi connectivity index (χ3n) is 6.29. The van der Waals surface area contributed by atoms with Crippen molar-refractivity contribution in [2.75, 3.05) is 24.5 Å². The van der Waals surface area contributed by atoms with E-state index in [-0.39, 0.29) is 11.4 Å². The first-order valence-electron chi connectivity index (χ1n) is 10.9. The SMILES string of the molecule is CC(C)Cc1cc(F)c(-c2nn[nH]n2)c(N2CCN(Cc3cccnn3)C3(CC3)C2)c1. The lowest BCUT2D eigenvalue weighted by Crippen LogP contribution is -2.54. The van der Waals surface area contributed by atoms with Gasteiger partial charge in [-0.2, -0.15) is 15.4 Å². The molecular weight excluding hydrogens is 395 g/mol. The normalized spacial score (nSPS) is 18.1. The smallest absolute Gasteiger partial charge is 0.209 e. The second kappa shape index (κ2) is 7.96. The Balaban J connectivity index is 1.45. The molecule has 0 radical (unpaired) electrons. The first kappa shape index (κ1) is 20.0. The number of benzene rings is 1. The Kier molecular flexibility index (Phi) is 5.13. The van der Waals surface area contributed by atoms with Crippen molar-refractivity contribution in [2.24, 2.45) is 5.92 Å². The number of hydrogen-bond acceptors (Lipinski definition) is 7. The van der Waals surface area contributed by atoms with Gasteiger partial charge in [-0.15, -0.1) is 10.2 Å². The summed E-state index contributed by atoms with van der Waals surface area (Å²) < 4.78 is 15.3. The van der Waals surface area contributed by atoms with Crippen molar-refractivity contribution in [3.05, 3.63) is 47.5 Å². The number of nitrogens with one attached hydrogen (secondary N) is 1. The molecule has 8 nitrogen and oxygen atoms in total. The monoisotopic (exact) mass is 422 g/mol. The highest BCUT2D eigenvalue weighted by atomic mass is 19.1. The number of hydrogen-bond donors (Lipinski definition) is 1. The molecule has 9 heteroatoms. The van der Waals surface area contributed by atoms with Crippen molar-refractivity contribution in [1.82, 2.24) is 35.7 Å². The van der Waals surface area contributed by atoms with Gasteiger partial charge in [0.15, 0.2) is 0 Å². The molecule has 1 aromatic carbocycles. The van der Waals surface area contributed by atoms with Gasteiger partial charge in [-0.1, -0.05) is 13.8 Å². The molecule has 31 heavy (non-hydrogen) atoms. The van der Waals surface area contributed by atoms with E-state index in [0.717, 1.165) is 62.4 Å². The van der Waals surface area contributed by atoms with Crippen molar-refractivity contribution in [2.45, 2.75) is 45.2 Å². The number of tetrazole rings is 1. The molecule has 1 saturated carbocycles. The van der Waals surface area contributed by atoms with E-state index in [1.165, 1.54) is 0 Å². The summed E-state index contributed by atoms with van der Waals surface area (Å²) in [7, 11) is 0. The third kappa shape index (κ3) is 4.01. The van der Waals surface area contributed by atoms with Crippen LogP contribution in [0.2, 0.25) is 0 Å². The maximum Gasteiger partial charge on any atom is 0.209 e. The van der Waals surface area contributed by atoms with Crippen molar-refractivity contribution >= 4 is 5.69 Å². The molecule has 1 saturated heterocycles. The summed E-state index contributed by atoms with van der Waals surface area (Å²) in [6, 6.07) is 7.68. The average molecular weight is 423 g/mol. The summed E-state index contributed by atoms with van der Waals surface area (Å²) in [5, 5.41) is 22.5. The summed E-state index contributed by atoms with van der Waals surface area (Å²) in [6.45, 7) is 7.63. The zero-order valence-corrected chi connectivity index (χ0v) is 17.9. The lowest BCUT2D eigenvalue weighted by Gasteiger charge is -2.43. The van der Waals surface area contributed by atoms with Crippen LogP contribution in [0.15, 0.2) is 30.5 Å². The number of aromatic amines is 1. The number of rotatable bonds is 6. The Labute approximate surface area is 180 Å². The minimum Gasteiger partial charge on any atom is -0.368 e. The van der Waals surface area contributed by atoms with Crippen molar-refractivity contribution in [3.63, 3.8) is 0 Å². The zero-order chi connectivity index (χ0) is 21.4. The van der Waals surface area contributed by atoms with Crippen molar-refractivity contribution < 1.29 is 4.39 Å². The Morgan fingerprint density at radius 3 is 2.74 bits per heavy atom. The maximum absolute atomic E-state index is 15.3. The lowest BCUT2D eigenvalue weighted by molar-refractivity contribution is 0.147. The third-order valence-corrected chi connectivity index (χ3v) is 6.29. The van der Waals surface area contributed by atoms with Crippen LogP contribution in [0.5, 0.6) is 0 Å². The van der Waals surface area contributed by atoms with Gasteiger partial charge in [0.25, 0.3) is 0 Å². The molecule has 2 aromatic heterocycles. The molecule has 5 rings (SSSR count). The van der Waals surface area contributed by atoms with Gasteiger partial charge < -0.3 is 4.90 Å². The minimum atomic E-state index is -0.290. The zero-order valence-electron chi connectivity index (χ0n) is 17.9. The van der Waals surface area contributed by atoms with Gasteiger partial charge in [-0.05, 0) is 60.2 Å². The van der Waals surface area contributed by atoms with Gasteiger partial charge >= 0.3 is 0 Å². The predicted octanol–water partition coefficient (Wildman–Crippen LogP) is 2.85. The molecule has 2 aliphatic rings. The molecular formula is C22H27FN8. The molecule has 162 valence electrons. The molecule has 1 aliphatic carbocycles. The molecule has 1 spiro atoms. The van der Waals surface area contributed by atoms with Crippen LogP contribution in [0, 0.1) is 11.7 Å². The number of H-pyrrole nitrogens is 1. The first-order valence-corrected chi connectivity index (χ1v) is 10.9. The van der Waals surface area contributed by atoms with Crippen LogP contribution in [-0.2, 0) is 13.0 Å². The second-order valence-corrected chi connectivity index (χ2v) is 9.09. The average Bonchev–Trinajstić information content (AvgIpc) is 3.29. The highest BCUT2D eigenvalue weighted by molar-refractivity contribution is 5.76. The fourth-order valence-electron chi connectivity index (χ4n) is 4.67. The molecule has 1 N–H and O–H groups in total. The minimum absolute atomic E-state index is 0.106. The Hall–Kier alpha value is -2.94. The topological polar surface area (TPSA) is 86.7 Å². The summed E-state index contributed by atoms with van der Waals surface area (Å²) in [6.07, 6.45) is 4.80. The molecule has 0 unspecified atom stereocenters. The fraction of sp³-hybridized carbons (Fsp3) is 0.500. The molecule has 0 bridgehead atoms. The van der Waals surface area contributed by atoms with E-state index in [2.05, 4.69) is 60.5 Å². The highest BCUT2D eigenvalue weighted by Gasteiger charge is 2.51. The maximum atomic E-state index is 15.3. The number of nitrogens with zero attached hydrogens (tertiary/aromatic N) is 7. The number of aromatic nitrogens is 6. The summed E-state index contributed by atoms with van der Waals surface area (Å²) >= 11 is 0. The van der Waals surface area contributed by atoms with E-state index < -0.39 is 0 Å². The van der Waals surface area contributed by atoms with Gasteiger partial charge in [-0.3, -0.25) is 4.90 Å². The van der Waals surface area contributed by atoms with Crippen LogP contribution in [0.25, 0.3) is 11.4 Å². The molecule has 0 atom stereocenters. The van der Waals surface area contributed by atoms with Crippen LogP contribution in [-0.4, -0.2) is 60.9 Å². The number of piperazine rings is 1. The second-order valence-electron chi connectivity index (χ2n) is 9.09. The van der Waals surface area contributed by atoms with Gasteiger partial charge in [0, 0.05) is 37.9 Å². The molecule has 3 aromatic rings. The van der Waals surface area contributed by atoms with E-state index in [1.54, 1.807) is 12.3 Å². The highest BCUT2D eigenvalue weighted by Crippen LogP contribution is 2.47. The standard InChI is InChI=1S/C22H27FN8/c1-15(2)10-16-11-18(23)20(21-26-28-29-27-21)19(12-16)30-8-9-31(22(14-30)5-6-22)13-17-4-3-7-24-25-17/h3-4,7,11-12,15H,5-6,8-10,13-14H2,1-2H3,(H,26,27,28,29). The van der Waals surface area contributed by atoms with Crippen LogP contribution >= 0.6 is 0 Å². The van der Waals surface area contributed by atoms with E-state index >= 15 is 4.39 Å². The van der Waals surface area contributed by atoms with Crippen LogP contribution in [0.1, 0.15) is 37.9 Å². The predicted molar refractivity (Wildman–Crippen MR) is 115 cm³/mol. The summed E-state index contributed by atoms with van der Waals surface area (Å²) in [5.41, 5.74) is 3.39. The lowest BCUT2D eigenvalue weighted by atomic mass is 9.98. The summed E-state index contributed by atoms with van der Waals surface area (Å²) in [5.74, 6) is 0.457. The molecule has 3 heterocycles. The van der Waals surface area contributed by atoms with Crippen LogP contribution in [0.4, 0.5) is 10.1 Å². The Morgan fingerprint density at radius 2 is 2.06 bits per heavy atom. The Morgan fingerprint density at radius 1 is 1.19 bits per heavy atom. The van der Waals surface area contributed by atoms with Crippen LogP contribution in [0.3, 0.4) is 0 Å². The van der Waals surface area contributed by atoms with E-state index in [4.69, 9.17) is 0 Å². The first-order chi connectivity index (χ1) is 15.0. The van der Waals surface area contributed by atoms with E-state index in [1.807, 2.05) is 12.1 Å². The van der Waals surface area contributed by atoms with E-state index in [9.17, 15) is 0 Å². The fourth-order valence-corrected chi connectivity index (χ4v) is 4.67. The van der Waals surface area contributed by atoms with Crippen LogP contribution < -0.4 is 4.90 Å². The molecule has 2 fully saturated rings. The van der Waals surface area contributed by atoms with Gasteiger partial charge in [-0.25, -0.2) is 4.39 Å². The number of halogens is 1. The van der Waals surface area contributed by atoms with Gasteiger partial charge in [0.2, 0.25) is 5.82 Å². The van der Waals surface area contributed by atoms with Gasteiger partial charge in [0.05, 0.1) is 16.9 Å². The number of anilines is 1. The summed E-state index contributed by atoms with van der Waals surface area (Å²) in [4.78, 5) is 4.81. The Bertz CT molecular complexity index is 1030. The molecule has 0 amide bonds. The largest absolute Gasteiger partial charge is 0.368 e.